The number of ether oxygens (including phenoxy) is 2. The number of rotatable bonds is 29. The molecule has 49 heavy (non-hydrogen) atoms. The van der Waals surface area contributed by atoms with Gasteiger partial charge in [-0.1, -0.05) is 95.2 Å². The number of nitrogens with one attached hydrogen (secondary N) is 1. The minimum Gasteiger partial charge on any atom is -0.394 e. The van der Waals surface area contributed by atoms with E-state index in [-0.39, 0.29) is 12.8 Å². The zero-order valence-electron chi connectivity index (χ0n) is 30.2. The molecule has 0 aromatic heterocycles. The van der Waals surface area contributed by atoms with Gasteiger partial charge in [0.15, 0.2) is 6.29 Å². The number of aliphatic hydroxyl groups excluding tert-OH is 7. The molecule has 11 heteroatoms. The molecule has 9 unspecified atom stereocenters. The van der Waals surface area contributed by atoms with E-state index >= 15 is 0 Å². The normalized spacial score (nSPS) is 24.1. The standard InChI is InChI=1S/C38H69NO10/c1-3-5-7-9-11-13-15-17-19-21-23-25-30(41)33(43)29(28-48-38-36(46)35(45)34(44)32(27-40)49-38)39-37(47)31(42)26-24-22-20-18-16-14-12-10-8-6-4-2/h9,11-12,14,17,19,29-36,38,40-46H,3-8,10,13,15-16,18,20-28H2,1-2H3,(H,39,47)/b11-9+,14-12-,19-17+. The molecular formula is C38H69NO10. The first-order valence-corrected chi connectivity index (χ1v) is 18.9. The van der Waals surface area contributed by atoms with Crippen LogP contribution >= 0.6 is 0 Å². The Morgan fingerprint density at radius 1 is 0.694 bits per heavy atom. The molecule has 0 spiro atoms. The summed E-state index contributed by atoms with van der Waals surface area (Å²) >= 11 is 0. The Labute approximate surface area is 295 Å². The number of hydrogen-bond acceptors (Lipinski definition) is 10. The Kier molecular flexibility index (Phi) is 26.8. The second kappa shape index (κ2) is 29.0. The van der Waals surface area contributed by atoms with Gasteiger partial charge < -0.3 is 50.5 Å². The van der Waals surface area contributed by atoms with Crippen LogP contribution in [0.2, 0.25) is 0 Å². The highest BCUT2D eigenvalue weighted by molar-refractivity contribution is 5.80. The van der Waals surface area contributed by atoms with Crippen LogP contribution in [0, 0.1) is 0 Å². The lowest BCUT2D eigenvalue weighted by Crippen LogP contribution is -2.60. The summed E-state index contributed by atoms with van der Waals surface area (Å²) in [5, 5.41) is 75.0. The average molecular weight is 700 g/mol. The number of aliphatic hydroxyl groups is 7. The van der Waals surface area contributed by atoms with E-state index in [1.54, 1.807) is 0 Å². The molecule has 0 bridgehead atoms. The van der Waals surface area contributed by atoms with Crippen molar-refractivity contribution in [3.05, 3.63) is 36.5 Å². The van der Waals surface area contributed by atoms with Gasteiger partial charge >= 0.3 is 0 Å². The molecule has 9 atom stereocenters. The van der Waals surface area contributed by atoms with Crippen LogP contribution in [-0.2, 0) is 14.3 Å². The van der Waals surface area contributed by atoms with E-state index in [1.165, 1.54) is 32.1 Å². The number of carbonyl (C=O) groups is 1. The number of hydrogen-bond donors (Lipinski definition) is 8. The third kappa shape index (κ3) is 20.1. The zero-order chi connectivity index (χ0) is 36.3. The van der Waals surface area contributed by atoms with Crippen molar-refractivity contribution in [3.63, 3.8) is 0 Å². The summed E-state index contributed by atoms with van der Waals surface area (Å²) in [5.41, 5.74) is 0. The SMILES string of the molecule is CCCC/C=C/CC/C=C/CCCC(O)C(O)C(COC1OC(CO)C(O)C(O)C1O)NC(=O)C(O)CCCCCC/C=C\CCCCC. The van der Waals surface area contributed by atoms with E-state index in [0.717, 1.165) is 51.4 Å². The molecule has 1 amide bonds. The summed E-state index contributed by atoms with van der Waals surface area (Å²) in [4.78, 5) is 12.9. The maximum absolute atomic E-state index is 12.9. The van der Waals surface area contributed by atoms with Crippen molar-refractivity contribution >= 4 is 5.91 Å². The van der Waals surface area contributed by atoms with Crippen LogP contribution in [0.3, 0.4) is 0 Å². The van der Waals surface area contributed by atoms with Crippen molar-refractivity contribution < 1.29 is 50.0 Å². The van der Waals surface area contributed by atoms with Crippen LogP contribution in [0.5, 0.6) is 0 Å². The molecule has 1 rings (SSSR count). The summed E-state index contributed by atoms with van der Waals surface area (Å²) in [6.07, 6.45) is 17.9. The summed E-state index contributed by atoms with van der Waals surface area (Å²) in [7, 11) is 0. The van der Waals surface area contributed by atoms with Gasteiger partial charge in [-0.15, -0.1) is 0 Å². The third-order valence-electron chi connectivity index (χ3n) is 8.89. The Balaban J connectivity index is 2.64. The van der Waals surface area contributed by atoms with Crippen molar-refractivity contribution in [1.29, 1.82) is 0 Å². The Morgan fingerprint density at radius 2 is 1.24 bits per heavy atom. The first-order chi connectivity index (χ1) is 23.7. The van der Waals surface area contributed by atoms with Gasteiger partial charge in [-0.2, -0.15) is 0 Å². The first-order valence-electron chi connectivity index (χ1n) is 18.9. The van der Waals surface area contributed by atoms with E-state index in [9.17, 15) is 40.5 Å². The highest BCUT2D eigenvalue weighted by atomic mass is 16.7. The Hall–Kier alpha value is -1.67. The van der Waals surface area contributed by atoms with E-state index < -0.39 is 74.2 Å². The molecule has 8 N–H and O–H groups in total. The predicted octanol–water partition coefficient (Wildman–Crippen LogP) is 4.10. The molecule has 0 aliphatic carbocycles. The number of unbranched alkanes of at least 4 members (excludes halogenated alkanes) is 11. The lowest BCUT2D eigenvalue weighted by molar-refractivity contribution is -0.303. The molecule has 0 aromatic rings. The molecule has 286 valence electrons. The largest absolute Gasteiger partial charge is 0.394 e. The summed E-state index contributed by atoms with van der Waals surface area (Å²) in [6, 6.07) is -1.19. The van der Waals surface area contributed by atoms with Gasteiger partial charge in [-0.3, -0.25) is 4.79 Å². The molecule has 1 aliphatic rings. The number of amides is 1. The highest BCUT2D eigenvalue weighted by Gasteiger charge is 2.44. The quantitative estimate of drug-likeness (QED) is 0.0417. The highest BCUT2D eigenvalue weighted by Crippen LogP contribution is 2.23. The molecule has 1 heterocycles. The number of carbonyl (C=O) groups excluding carboxylic acids is 1. The monoisotopic (exact) mass is 699 g/mol. The summed E-state index contributed by atoms with van der Waals surface area (Å²) in [6.45, 7) is 3.27. The molecule has 1 aliphatic heterocycles. The van der Waals surface area contributed by atoms with Crippen molar-refractivity contribution in [1.82, 2.24) is 5.32 Å². The van der Waals surface area contributed by atoms with Crippen LogP contribution in [0.1, 0.15) is 129 Å². The molecular weight excluding hydrogens is 630 g/mol. The zero-order valence-corrected chi connectivity index (χ0v) is 30.2. The van der Waals surface area contributed by atoms with Crippen molar-refractivity contribution in [2.45, 2.75) is 184 Å². The molecule has 0 aromatic carbocycles. The van der Waals surface area contributed by atoms with Crippen molar-refractivity contribution in [2.75, 3.05) is 13.2 Å². The van der Waals surface area contributed by atoms with Crippen LogP contribution in [0.15, 0.2) is 36.5 Å². The third-order valence-corrected chi connectivity index (χ3v) is 8.89. The lowest BCUT2D eigenvalue weighted by Gasteiger charge is -2.40. The summed E-state index contributed by atoms with van der Waals surface area (Å²) in [5.74, 6) is -0.727. The smallest absolute Gasteiger partial charge is 0.249 e. The molecule has 1 saturated heterocycles. The predicted molar refractivity (Wildman–Crippen MR) is 192 cm³/mol. The first kappa shape index (κ1) is 45.4. The van der Waals surface area contributed by atoms with Gasteiger partial charge in [0, 0.05) is 0 Å². The molecule has 1 fully saturated rings. The minimum atomic E-state index is -1.67. The van der Waals surface area contributed by atoms with Gasteiger partial charge in [0.2, 0.25) is 5.91 Å². The average Bonchev–Trinajstić information content (AvgIpc) is 3.10. The second-order valence-corrected chi connectivity index (χ2v) is 13.3. The number of allylic oxidation sites excluding steroid dienone is 6. The van der Waals surface area contributed by atoms with E-state index in [2.05, 4.69) is 49.5 Å². The fourth-order valence-corrected chi connectivity index (χ4v) is 5.61. The fourth-order valence-electron chi connectivity index (χ4n) is 5.61. The lowest BCUT2D eigenvalue weighted by atomic mass is 9.98. The minimum absolute atomic E-state index is 0.235. The van der Waals surface area contributed by atoms with Gasteiger partial charge in [-0.25, -0.2) is 0 Å². The van der Waals surface area contributed by atoms with Gasteiger partial charge in [-0.05, 0) is 70.6 Å². The van der Waals surface area contributed by atoms with Crippen molar-refractivity contribution in [2.24, 2.45) is 0 Å². The second-order valence-electron chi connectivity index (χ2n) is 13.3. The maximum atomic E-state index is 12.9. The summed E-state index contributed by atoms with van der Waals surface area (Å²) < 4.78 is 11.0. The molecule has 11 nitrogen and oxygen atoms in total. The Morgan fingerprint density at radius 3 is 1.86 bits per heavy atom. The maximum Gasteiger partial charge on any atom is 0.249 e. The van der Waals surface area contributed by atoms with Crippen LogP contribution in [0.4, 0.5) is 0 Å². The van der Waals surface area contributed by atoms with Gasteiger partial charge in [0.25, 0.3) is 0 Å². The molecule has 0 saturated carbocycles. The van der Waals surface area contributed by atoms with Crippen LogP contribution in [0.25, 0.3) is 0 Å². The van der Waals surface area contributed by atoms with E-state index in [1.807, 2.05) is 6.08 Å². The van der Waals surface area contributed by atoms with Gasteiger partial charge in [0.1, 0.15) is 36.6 Å². The van der Waals surface area contributed by atoms with E-state index in [0.29, 0.717) is 19.3 Å². The topological polar surface area (TPSA) is 189 Å². The van der Waals surface area contributed by atoms with Gasteiger partial charge in [0.05, 0.1) is 25.4 Å². The van der Waals surface area contributed by atoms with E-state index in [4.69, 9.17) is 9.47 Å². The molecule has 0 radical (unpaired) electrons. The fraction of sp³-hybridized carbons (Fsp3) is 0.816. The van der Waals surface area contributed by atoms with Crippen molar-refractivity contribution in [3.8, 4) is 0 Å². The van der Waals surface area contributed by atoms with Crippen LogP contribution < -0.4 is 5.32 Å². The Bertz CT molecular complexity index is 898. The van der Waals surface area contributed by atoms with Crippen LogP contribution in [-0.4, -0.2) is 110 Å².